The van der Waals surface area contributed by atoms with Crippen LogP contribution >= 0.6 is 0 Å². The average Bonchev–Trinajstić information content (AvgIpc) is 3.40. The predicted molar refractivity (Wildman–Crippen MR) is 104 cm³/mol. The minimum absolute atomic E-state index is 0.316. The first kappa shape index (κ1) is 20.6. The Labute approximate surface area is 162 Å². The van der Waals surface area contributed by atoms with Crippen molar-refractivity contribution < 1.29 is 19.8 Å². The van der Waals surface area contributed by atoms with Crippen LogP contribution in [0.4, 0.5) is 0 Å². The molecule has 5 nitrogen and oxygen atoms in total. The molecule has 2 aliphatic heterocycles. The van der Waals surface area contributed by atoms with Gasteiger partial charge in [0.2, 0.25) is 5.91 Å². The summed E-state index contributed by atoms with van der Waals surface area (Å²) in [6.45, 7) is 0. The molecule has 3 N–H and O–H groups in total. The maximum absolute atomic E-state index is 11.0. The zero-order valence-corrected chi connectivity index (χ0v) is 16.3. The van der Waals surface area contributed by atoms with E-state index in [9.17, 15) is 9.90 Å². The third-order valence-electron chi connectivity index (χ3n) is 6.57. The van der Waals surface area contributed by atoms with Crippen LogP contribution in [0.5, 0.6) is 0 Å². The van der Waals surface area contributed by atoms with Crippen molar-refractivity contribution in [3.05, 3.63) is 24.3 Å². The highest BCUT2D eigenvalue weighted by atomic mass is 16.5. The molecule has 0 spiro atoms. The van der Waals surface area contributed by atoms with Crippen molar-refractivity contribution in [3.63, 3.8) is 0 Å². The standard InChI is InChI=1S/C22H35NO4/c24-17(15-16-7-5-6-8-16)11-12-19-18(20-13-14-21(19)27-20)9-3-1-2-4-10-22(25)23-26/h1,3,11-12,16-21,24,26H,2,4-10,13-15H2,(H,23,25)/t17?,18-,19+,20-,21+/m0/s1. The smallest absolute Gasteiger partial charge is 0.243 e. The Kier molecular flexibility index (Phi) is 7.92. The lowest BCUT2D eigenvalue weighted by atomic mass is 9.77. The van der Waals surface area contributed by atoms with Crippen molar-refractivity contribution in [2.24, 2.45) is 17.8 Å². The number of aliphatic hydroxyl groups is 1. The second-order valence-electron chi connectivity index (χ2n) is 8.50. The summed E-state index contributed by atoms with van der Waals surface area (Å²) in [5.74, 6) is 1.28. The van der Waals surface area contributed by atoms with Gasteiger partial charge in [-0.1, -0.05) is 50.0 Å². The van der Waals surface area contributed by atoms with Crippen LogP contribution in [0, 0.1) is 17.8 Å². The molecule has 0 aromatic rings. The number of hydrogen-bond acceptors (Lipinski definition) is 4. The highest BCUT2D eigenvalue weighted by Crippen LogP contribution is 2.46. The first-order chi connectivity index (χ1) is 13.2. The molecule has 0 radical (unpaired) electrons. The molecule has 1 aliphatic carbocycles. The molecule has 2 heterocycles. The number of allylic oxidation sites excluding steroid dienone is 2. The SMILES string of the molecule is O=C(CCCC=CC[C@H]1[C@@H](C=CC(O)CC2CCCC2)[C@H]2CC[C@@H]1O2)NO. The van der Waals surface area contributed by atoms with E-state index in [1.807, 2.05) is 6.08 Å². The second kappa shape index (κ2) is 10.4. The van der Waals surface area contributed by atoms with Crippen LogP contribution < -0.4 is 5.48 Å². The Morgan fingerprint density at radius 1 is 1.15 bits per heavy atom. The Morgan fingerprint density at radius 2 is 1.93 bits per heavy atom. The molecule has 3 rings (SSSR count). The van der Waals surface area contributed by atoms with Crippen LogP contribution in [-0.4, -0.2) is 34.5 Å². The number of aliphatic hydroxyl groups excluding tert-OH is 1. The van der Waals surface area contributed by atoms with Crippen LogP contribution in [0.2, 0.25) is 0 Å². The van der Waals surface area contributed by atoms with Crippen LogP contribution in [0.1, 0.15) is 70.6 Å². The van der Waals surface area contributed by atoms with Gasteiger partial charge in [0, 0.05) is 12.3 Å². The number of hydroxylamine groups is 1. The van der Waals surface area contributed by atoms with Crippen LogP contribution in [-0.2, 0) is 9.53 Å². The number of ether oxygens (including phenoxy) is 1. The van der Waals surface area contributed by atoms with Gasteiger partial charge in [0.1, 0.15) is 0 Å². The first-order valence-electron chi connectivity index (χ1n) is 10.8. The lowest BCUT2D eigenvalue weighted by molar-refractivity contribution is -0.129. The minimum Gasteiger partial charge on any atom is -0.389 e. The van der Waals surface area contributed by atoms with E-state index in [1.165, 1.54) is 25.7 Å². The second-order valence-corrected chi connectivity index (χ2v) is 8.50. The molecule has 5 atom stereocenters. The molecule has 5 heteroatoms. The van der Waals surface area contributed by atoms with E-state index < -0.39 is 0 Å². The van der Waals surface area contributed by atoms with Crippen molar-refractivity contribution in [3.8, 4) is 0 Å². The Hall–Kier alpha value is -1.17. The first-order valence-corrected chi connectivity index (χ1v) is 10.8. The number of unbranched alkanes of at least 4 members (excludes halogenated alkanes) is 1. The van der Waals surface area contributed by atoms with Gasteiger partial charge >= 0.3 is 0 Å². The Morgan fingerprint density at radius 3 is 2.70 bits per heavy atom. The maximum Gasteiger partial charge on any atom is 0.243 e. The quantitative estimate of drug-likeness (QED) is 0.233. The Balaban J connectivity index is 1.44. The number of carbonyl (C=O) groups is 1. The van der Waals surface area contributed by atoms with E-state index in [-0.39, 0.29) is 12.0 Å². The highest BCUT2D eigenvalue weighted by Gasteiger charge is 2.46. The van der Waals surface area contributed by atoms with E-state index in [0.717, 1.165) is 38.5 Å². The fourth-order valence-corrected chi connectivity index (χ4v) is 5.12. The van der Waals surface area contributed by atoms with Gasteiger partial charge in [-0.25, -0.2) is 5.48 Å². The summed E-state index contributed by atoms with van der Waals surface area (Å²) >= 11 is 0. The normalized spacial score (nSPS) is 32.1. The van der Waals surface area contributed by atoms with Crippen LogP contribution in [0.15, 0.2) is 24.3 Å². The van der Waals surface area contributed by atoms with Gasteiger partial charge in [-0.2, -0.15) is 0 Å². The number of hydrogen-bond donors (Lipinski definition) is 3. The largest absolute Gasteiger partial charge is 0.389 e. The third-order valence-corrected chi connectivity index (χ3v) is 6.57. The predicted octanol–water partition coefficient (Wildman–Crippen LogP) is 3.90. The molecule has 0 aromatic carbocycles. The number of rotatable bonds is 10. The van der Waals surface area contributed by atoms with E-state index >= 15 is 0 Å². The number of amides is 1. The van der Waals surface area contributed by atoms with E-state index in [2.05, 4.69) is 18.2 Å². The summed E-state index contributed by atoms with van der Waals surface area (Å²) in [5, 5.41) is 18.9. The average molecular weight is 378 g/mol. The van der Waals surface area contributed by atoms with Crippen molar-refractivity contribution >= 4 is 5.91 Å². The molecule has 3 fully saturated rings. The maximum atomic E-state index is 11.0. The third kappa shape index (κ3) is 5.90. The van der Waals surface area contributed by atoms with Gasteiger partial charge in [-0.05, 0) is 50.4 Å². The van der Waals surface area contributed by atoms with Gasteiger partial charge in [0.25, 0.3) is 0 Å². The topological polar surface area (TPSA) is 78.8 Å². The van der Waals surface area contributed by atoms with E-state index in [1.54, 1.807) is 5.48 Å². The minimum atomic E-state index is -0.328. The molecule has 1 amide bonds. The van der Waals surface area contributed by atoms with Gasteiger partial charge in [-0.15, -0.1) is 0 Å². The van der Waals surface area contributed by atoms with Crippen molar-refractivity contribution in [2.45, 2.75) is 88.9 Å². The Bertz CT molecular complexity index is 526. The molecule has 1 unspecified atom stereocenters. The molecule has 27 heavy (non-hydrogen) atoms. The van der Waals surface area contributed by atoms with E-state index in [0.29, 0.717) is 36.4 Å². The summed E-state index contributed by atoms with van der Waals surface area (Å²) in [7, 11) is 0. The zero-order chi connectivity index (χ0) is 19.1. The lowest BCUT2D eigenvalue weighted by Gasteiger charge is -2.25. The van der Waals surface area contributed by atoms with Crippen LogP contribution in [0.25, 0.3) is 0 Å². The highest BCUT2D eigenvalue weighted by molar-refractivity contribution is 5.74. The summed E-state index contributed by atoms with van der Waals surface area (Å²) in [4.78, 5) is 11.0. The number of carbonyl (C=O) groups excluding carboxylic acids is 1. The van der Waals surface area contributed by atoms with Gasteiger partial charge in [0.05, 0.1) is 18.3 Å². The molecule has 2 bridgehead atoms. The van der Waals surface area contributed by atoms with Gasteiger partial charge < -0.3 is 9.84 Å². The molecule has 0 aromatic heterocycles. The van der Waals surface area contributed by atoms with Gasteiger partial charge in [0.15, 0.2) is 0 Å². The van der Waals surface area contributed by atoms with Crippen LogP contribution in [0.3, 0.4) is 0 Å². The number of nitrogens with one attached hydrogen (secondary N) is 1. The van der Waals surface area contributed by atoms with Crippen molar-refractivity contribution in [1.82, 2.24) is 5.48 Å². The monoisotopic (exact) mass is 377 g/mol. The summed E-state index contributed by atoms with van der Waals surface area (Å²) in [6, 6.07) is 0. The molecular weight excluding hydrogens is 342 g/mol. The molecule has 3 aliphatic rings. The summed E-state index contributed by atoms with van der Waals surface area (Å²) in [5.41, 5.74) is 1.66. The lowest BCUT2D eigenvalue weighted by Crippen LogP contribution is -2.25. The summed E-state index contributed by atoms with van der Waals surface area (Å²) in [6.07, 6.45) is 20.2. The zero-order valence-electron chi connectivity index (χ0n) is 16.3. The fourth-order valence-electron chi connectivity index (χ4n) is 5.12. The van der Waals surface area contributed by atoms with Crippen molar-refractivity contribution in [2.75, 3.05) is 0 Å². The van der Waals surface area contributed by atoms with Gasteiger partial charge in [-0.3, -0.25) is 10.0 Å². The molecule has 2 saturated heterocycles. The molecule has 1 saturated carbocycles. The fraction of sp³-hybridized carbons (Fsp3) is 0.773. The van der Waals surface area contributed by atoms with Crippen molar-refractivity contribution in [1.29, 1.82) is 0 Å². The summed E-state index contributed by atoms with van der Waals surface area (Å²) < 4.78 is 6.14. The number of fused-ring (bicyclic) bond motifs is 2. The molecular formula is C22H35NO4. The van der Waals surface area contributed by atoms with E-state index in [4.69, 9.17) is 9.94 Å². The molecule has 152 valence electrons.